The average Bonchev–Trinajstić information content (AvgIpc) is 3.55. The summed E-state index contributed by atoms with van der Waals surface area (Å²) in [7, 11) is 0. The number of nitrogens with one attached hydrogen (secondary N) is 2. The van der Waals surface area contributed by atoms with Crippen LogP contribution < -0.4 is 16.4 Å². The van der Waals surface area contributed by atoms with Gasteiger partial charge >= 0.3 is 0 Å². The van der Waals surface area contributed by atoms with Gasteiger partial charge in [-0.3, -0.25) is 10.1 Å². The first kappa shape index (κ1) is 26.8. The smallest absolute Gasteiger partial charge is 0.240 e. The topological polar surface area (TPSA) is 92.6 Å². The minimum Gasteiger partial charge on any atom is -0.348 e. The SMILES string of the molecule is CC(C)(CN)c1cccc(C2OC2NCC(=O)Nc2nc(-c3cccc(-c4cc(Cl)cc(Cl)c4)c3)cs2)c1. The van der Waals surface area contributed by atoms with Gasteiger partial charge in [0.05, 0.1) is 12.2 Å². The average molecular weight is 568 g/mol. The van der Waals surface area contributed by atoms with E-state index in [9.17, 15) is 4.79 Å². The standard InChI is InChI=1S/C29H28Cl2N4O2S/c1-29(2,16-32)21-8-4-7-19(10-21)26-27(37-26)33-14-25(36)35-28-34-24(15-38-28)18-6-3-5-17(9-18)20-11-22(30)13-23(31)12-20/h3-13,15,26-27,33H,14,16,32H2,1-2H3,(H,34,35,36). The molecule has 2 unspecified atom stereocenters. The molecule has 0 radical (unpaired) electrons. The number of nitrogens with two attached hydrogens (primary N) is 1. The normalized spacial score (nSPS) is 16.9. The lowest BCUT2D eigenvalue weighted by atomic mass is 9.84. The Morgan fingerprint density at radius 1 is 1.03 bits per heavy atom. The van der Waals surface area contributed by atoms with Gasteiger partial charge in [0.25, 0.3) is 0 Å². The summed E-state index contributed by atoms with van der Waals surface area (Å²) >= 11 is 13.7. The number of halogens is 2. The highest BCUT2D eigenvalue weighted by Gasteiger charge is 2.40. The van der Waals surface area contributed by atoms with Crippen LogP contribution in [0.4, 0.5) is 5.13 Å². The number of hydrogen-bond donors (Lipinski definition) is 3. The molecule has 0 aliphatic carbocycles. The Hall–Kier alpha value is -2.78. The van der Waals surface area contributed by atoms with Crippen molar-refractivity contribution in [2.75, 3.05) is 18.4 Å². The van der Waals surface area contributed by atoms with Crippen molar-refractivity contribution in [1.82, 2.24) is 10.3 Å². The Labute approximate surface area is 236 Å². The van der Waals surface area contributed by atoms with Gasteiger partial charge < -0.3 is 15.8 Å². The Kier molecular flexibility index (Phi) is 7.86. The van der Waals surface area contributed by atoms with Gasteiger partial charge in [-0.15, -0.1) is 11.3 Å². The fourth-order valence-electron chi connectivity index (χ4n) is 4.17. The number of epoxide rings is 1. The van der Waals surface area contributed by atoms with Crippen molar-refractivity contribution in [1.29, 1.82) is 0 Å². The van der Waals surface area contributed by atoms with Crippen molar-refractivity contribution < 1.29 is 9.53 Å². The number of carbonyl (C=O) groups is 1. The molecule has 38 heavy (non-hydrogen) atoms. The molecule has 4 N–H and O–H groups in total. The summed E-state index contributed by atoms with van der Waals surface area (Å²) < 4.78 is 5.78. The molecule has 1 saturated heterocycles. The maximum absolute atomic E-state index is 12.6. The molecule has 1 aromatic heterocycles. The number of thiazole rings is 1. The number of anilines is 1. The Balaban J connectivity index is 1.17. The summed E-state index contributed by atoms with van der Waals surface area (Å²) in [5, 5.41) is 9.65. The molecule has 0 spiro atoms. The first-order chi connectivity index (χ1) is 18.2. The zero-order chi connectivity index (χ0) is 26.9. The van der Waals surface area contributed by atoms with Crippen molar-refractivity contribution >= 4 is 45.6 Å². The van der Waals surface area contributed by atoms with Gasteiger partial charge in [0.2, 0.25) is 5.91 Å². The van der Waals surface area contributed by atoms with Crippen LogP contribution in [-0.4, -0.2) is 30.2 Å². The monoisotopic (exact) mass is 566 g/mol. The number of amides is 1. The van der Waals surface area contributed by atoms with E-state index in [0.29, 0.717) is 21.7 Å². The Morgan fingerprint density at radius 2 is 1.76 bits per heavy atom. The zero-order valence-electron chi connectivity index (χ0n) is 21.0. The van der Waals surface area contributed by atoms with Crippen LogP contribution in [0.5, 0.6) is 0 Å². The molecule has 2 atom stereocenters. The third-order valence-corrected chi connectivity index (χ3v) is 7.76. The Bertz CT molecular complexity index is 1450. The maximum Gasteiger partial charge on any atom is 0.240 e. The molecule has 5 rings (SSSR count). The van der Waals surface area contributed by atoms with E-state index in [0.717, 1.165) is 27.9 Å². The number of rotatable bonds is 9. The third-order valence-electron chi connectivity index (χ3n) is 6.57. The van der Waals surface area contributed by atoms with Gasteiger partial charge in [-0.05, 0) is 46.5 Å². The summed E-state index contributed by atoms with van der Waals surface area (Å²) in [6.07, 6.45) is -0.281. The number of nitrogens with zero attached hydrogens (tertiary/aromatic N) is 1. The molecule has 1 amide bonds. The van der Waals surface area contributed by atoms with Gasteiger partial charge in [0.1, 0.15) is 12.3 Å². The molecule has 9 heteroatoms. The summed E-state index contributed by atoms with van der Waals surface area (Å²) in [5.41, 5.74) is 11.7. The van der Waals surface area contributed by atoms with Crippen molar-refractivity contribution in [2.24, 2.45) is 5.73 Å². The van der Waals surface area contributed by atoms with Gasteiger partial charge in [-0.2, -0.15) is 0 Å². The minimum atomic E-state index is -0.202. The second-order valence-corrected chi connectivity index (χ2v) is 11.6. The largest absolute Gasteiger partial charge is 0.348 e. The quantitative estimate of drug-likeness (QED) is 0.197. The lowest BCUT2D eigenvalue weighted by molar-refractivity contribution is -0.115. The van der Waals surface area contributed by atoms with Crippen LogP contribution in [0.3, 0.4) is 0 Å². The molecular weight excluding hydrogens is 539 g/mol. The number of aromatic nitrogens is 1. The van der Waals surface area contributed by atoms with E-state index in [1.807, 2.05) is 53.9 Å². The van der Waals surface area contributed by atoms with Crippen molar-refractivity contribution in [3.63, 3.8) is 0 Å². The van der Waals surface area contributed by atoms with Crippen LogP contribution in [0, 0.1) is 0 Å². The third kappa shape index (κ3) is 6.26. The lowest BCUT2D eigenvalue weighted by Crippen LogP contribution is -2.30. The molecule has 3 aromatic carbocycles. The number of carbonyl (C=O) groups excluding carboxylic acids is 1. The highest BCUT2D eigenvalue weighted by Crippen LogP contribution is 2.38. The van der Waals surface area contributed by atoms with Crippen LogP contribution in [0.15, 0.2) is 72.1 Å². The lowest BCUT2D eigenvalue weighted by Gasteiger charge is -2.23. The van der Waals surface area contributed by atoms with Gasteiger partial charge in [-0.1, -0.05) is 79.5 Å². The molecule has 0 saturated carbocycles. The summed E-state index contributed by atoms with van der Waals surface area (Å²) in [4.78, 5) is 17.2. The second-order valence-electron chi connectivity index (χ2n) is 9.90. The molecule has 1 aliphatic heterocycles. The van der Waals surface area contributed by atoms with E-state index in [2.05, 4.69) is 41.6 Å². The highest BCUT2D eigenvalue weighted by molar-refractivity contribution is 7.14. The van der Waals surface area contributed by atoms with Crippen LogP contribution in [0.1, 0.15) is 31.1 Å². The number of ether oxygens (including phenoxy) is 1. The predicted octanol–water partition coefficient (Wildman–Crippen LogP) is 6.65. The van der Waals surface area contributed by atoms with Gasteiger partial charge in [-0.25, -0.2) is 4.98 Å². The molecule has 1 aliphatic rings. The molecule has 0 bridgehead atoms. The van der Waals surface area contributed by atoms with E-state index in [1.54, 1.807) is 6.07 Å². The zero-order valence-corrected chi connectivity index (χ0v) is 23.3. The molecule has 4 aromatic rings. The first-order valence-electron chi connectivity index (χ1n) is 12.2. The molecule has 2 heterocycles. The Morgan fingerprint density at radius 3 is 2.53 bits per heavy atom. The van der Waals surface area contributed by atoms with Crippen molar-refractivity contribution in [3.05, 3.63) is 93.3 Å². The first-order valence-corrected chi connectivity index (χ1v) is 13.9. The van der Waals surface area contributed by atoms with E-state index >= 15 is 0 Å². The van der Waals surface area contributed by atoms with Crippen molar-refractivity contribution in [2.45, 2.75) is 31.6 Å². The molecule has 1 fully saturated rings. The second kappa shape index (κ2) is 11.1. The van der Waals surface area contributed by atoms with E-state index in [-0.39, 0.29) is 30.2 Å². The molecule has 6 nitrogen and oxygen atoms in total. The molecular formula is C29H28Cl2N4O2S. The van der Waals surface area contributed by atoms with Crippen LogP contribution >= 0.6 is 34.5 Å². The minimum absolute atomic E-state index is 0.0792. The maximum atomic E-state index is 12.6. The fourth-order valence-corrected chi connectivity index (χ4v) is 5.44. The number of hydrogen-bond acceptors (Lipinski definition) is 6. The van der Waals surface area contributed by atoms with E-state index < -0.39 is 0 Å². The molecule has 196 valence electrons. The van der Waals surface area contributed by atoms with Gasteiger partial charge in [0.15, 0.2) is 5.13 Å². The van der Waals surface area contributed by atoms with Crippen LogP contribution in [0.25, 0.3) is 22.4 Å². The summed E-state index contributed by atoms with van der Waals surface area (Å²) in [6, 6.07) is 21.7. The van der Waals surface area contributed by atoms with E-state index in [4.69, 9.17) is 33.7 Å². The number of benzene rings is 3. The van der Waals surface area contributed by atoms with Crippen LogP contribution in [0.2, 0.25) is 10.0 Å². The highest BCUT2D eigenvalue weighted by atomic mass is 35.5. The van der Waals surface area contributed by atoms with Crippen molar-refractivity contribution in [3.8, 4) is 22.4 Å². The van der Waals surface area contributed by atoms with E-state index in [1.165, 1.54) is 16.9 Å². The van der Waals surface area contributed by atoms with Crippen LogP contribution in [-0.2, 0) is 14.9 Å². The summed E-state index contributed by atoms with van der Waals surface area (Å²) in [6.45, 7) is 4.92. The fraction of sp³-hybridized carbons (Fsp3) is 0.241. The summed E-state index contributed by atoms with van der Waals surface area (Å²) in [5.74, 6) is -0.180. The van der Waals surface area contributed by atoms with Gasteiger partial charge in [0, 0.05) is 32.9 Å². The predicted molar refractivity (Wildman–Crippen MR) is 156 cm³/mol.